The molecule has 0 radical (unpaired) electrons. The summed E-state index contributed by atoms with van der Waals surface area (Å²) in [6.07, 6.45) is 11.5. The maximum atomic E-state index is 11.8. The summed E-state index contributed by atoms with van der Waals surface area (Å²) in [5, 5.41) is 17.9. The number of benzene rings is 2. The second-order valence-electron chi connectivity index (χ2n) is 10.9. The first-order valence-electron chi connectivity index (χ1n) is 14.1. The summed E-state index contributed by atoms with van der Waals surface area (Å²) in [6, 6.07) is 16.8. The van der Waals surface area contributed by atoms with E-state index in [-0.39, 0.29) is 12.6 Å². The molecule has 3 heterocycles. The minimum atomic E-state index is 0.166. The van der Waals surface area contributed by atoms with Crippen LogP contribution >= 0.6 is 0 Å². The molecule has 2 aromatic heterocycles. The molecule has 0 amide bonds. The summed E-state index contributed by atoms with van der Waals surface area (Å²) < 4.78 is 1.68. The molecule has 1 saturated heterocycles. The molecule has 204 valence electrons. The van der Waals surface area contributed by atoms with Crippen LogP contribution in [0.25, 0.3) is 5.65 Å². The molecule has 0 unspecified atom stereocenters. The van der Waals surface area contributed by atoms with Gasteiger partial charge in [-0.3, -0.25) is 4.79 Å². The minimum absolute atomic E-state index is 0.166. The van der Waals surface area contributed by atoms with Gasteiger partial charge in [-0.2, -0.15) is 14.8 Å². The lowest BCUT2D eigenvalue weighted by molar-refractivity contribution is -0.119. The van der Waals surface area contributed by atoms with Crippen molar-refractivity contribution in [2.75, 3.05) is 28.1 Å². The Hall–Kier alpha value is -4.83. The van der Waals surface area contributed by atoms with E-state index in [1.807, 2.05) is 25.1 Å². The van der Waals surface area contributed by atoms with Crippen molar-refractivity contribution in [2.45, 2.75) is 51.8 Å². The van der Waals surface area contributed by atoms with Gasteiger partial charge in [-0.05, 0) is 49.7 Å². The Morgan fingerprint density at radius 1 is 1.20 bits per heavy atom. The van der Waals surface area contributed by atoms with E-state index in [1.54, 1.807) is 10.7 Å². The Morgan fingerprint density at radius 2 is 1.95 bits per heavy atom. The highest BCUT2D eigenvalue weighted by molar-refractivity contribution is 6.61. The number of hydrogen-bond acceptors (Lipinski definition) is 8. The molecular formula is C31H31BN8O. The molecule has 2 fully saturated rings. The van der Waals surface area contributed by atoms with Gasteiger partial charge in [0.2, 0.25) is 5.95 Å². The lowest BCUT2D eigenvalue weighted by Crippen LogP contribution is -2.42. The number of ketones is 1. The average molecular weight is 542 g/mol. The molecular weight excluding hydrogens is 511 g/mol. The predicted octanol–water partition coefficient (Wildman–Crippen LogP) is 4.57. The van der Waals surface area contributed by atoms with Crippen molar-refractivity contribution in [2.24, 2.45) is 0 Å². The average Bonchev–Trinajstić information content (AvgIpc) is 3.73. The third-order valence-electron chi connectivity index (χ3n) is 7.94. The van der Waals surface area contributed by atoms with Crippen LogP contribution in [-0.4, -0.2) is 51.3 Å². The maximum Gasteiger partial charge on any atom is 0.258 e. The van der Waals surface area contributed by atoms with E-state index in [0.717, 1.165) is 41.9 Å². The highest BCUT2D eigenvalue weighted by Crippen LogP contribution is 2.36. The van der Waals surface area contributed by atoms with Gasteiger partial charge in [-0.25, -0.2) is 4.98 Å². The van der Waals surface area contributed by atoms with E-state index in [0.29, 0.717) is 54.8 Å². The fourth-order valence-corrected chi connectivity index (χ4v) is 5.68. The topological polar surface area (TPSA) is 102 Å². The second kappa shape index (κ2) is 11.0. The van der Waals surface area contributed by atoms with Crippen LogP contribution in [0.15, 0.2) is 48.7 Å². The number of anilines is 4. The molecule has 0 spiro atoms. The SMILES string of the molecule is C#Cc1cnc2c(N(B(C)Cc3ccccc3)C3CC3)nc(Nc3cc(C#N)cc(N4CCC(=O)CC4)c3C)nn12. The molecule has 1 N–H and O–H groups in total. The summed E-state index contributed by atoms with van der Waals surface area (Å²) in [5.74, 6) is 4.07. The van der Waals surface area contributed by atoms with Crippen molar-refractivity contribution in [1.29, 1.82) is 5.26 Å². The summed E-state index contributed by atoms with van der Waals surface area (Å²) in [7, 11) is 0. The predicted molar refractivity (Wildman–Crippen MR) is 162 cm³/mol. The summed E-state index contributed by atoms with van der Waals surface area (Å²) in [5.41, 5.74) is 5.58. The number of Topliss-reactive ketones (excluding diaryl/α,β-unsaturated/α-hetero) is 1. The van der Waals surface area contributed by atoms with Crippen molar-refractivity contribution in [3.05, 3.63) is 71.0 Å². The van der Waals surface area contributed by atoms with Crippen molar-refractivity contribution in [1.82, 2.24) is 19.6 Å². The highest BCUT2D eigenvalue weighted by atomic mass is 16.1. The van der Waals surface area contributed by atoms with E-state index in [4.69, 9.17) is 16.5 Å². The minimum Gasteiger partial charge on any atom is -0.394 e. The number of aromatic nitrogens is 4. The van der Waals surface area contributed by atoms with E-state index >= 15 is 0 Å². The number of piperidine rings is 1. The van der Waals surface area contributed by atoms with Crippen LogP contribution in [-0.2, 0) is 11.1 Å². The zero-order valence-corrected chi connectivity index (χ0v) is 23.3. The highest BCUT2D eigenvalue weighted by Gasteiger charge is 2.37. The van der Waals surface area contributed by atoms with Gasteiger partial charge in [-0.1, -0.05) is 42.7 Å². The molecule has 0 bridgehead atoms. The smallest absolute Gasteiger partial charge is 0.258 e. The van der Waals surface area contributed by atoms with Gasteiger partial charge in [0, 0.05) is 43.3 Å². The monoisotopic (exact) mass is 542 g/mol. The van der Waals surface area contributed by atoms with Gasteiger partial charge < -0.3 is 15.0 Å². The van der Waals surface area contributed by atoms with Gasteiger partial charge in [0.15, 0.2) is 11.5 Å². The molecule has 1 aliphatic carbocycles. The molecule has 0 atom stereocenters. The summed E-state index contributed by atoms with van der Waals surface area (Å²) in [4.78, 5) is 26.0. The molecule has 2 aliphatic rings. The number of carbonyl (C=O) groups excluding carboxylic acids is 1. The zero-order chi connectivity index (χ0) is 28.5. The third kappa shape index (κ3) is 5.34. The van der Waals surface area contributed by atoms with Gasteiger partial charge >= 0.3 is 0 Å². The Balaban J connectivity index is 1.41. The quantitative estimate of drug-likeness (QED) is 0.255. The van der Waals surface area contributed by atoms with Crippen molar-refractivity contribution in [3.63, 3.8) is 0 Å². The first-order valence-corrected chi connectivity index (χ1v) is 14.1. The van der Waals surface area contributed by atoms with Crippen LogP contribution in [0.5, 0.6) is 0 Å². The lowest BCUT2D eigenvalue weighted by Gasteiger charge is -2.31. The lowest BCUT2D eigenvalue weighted by atomic mass is 9.58. The number of carbonyl (C=O) groups is 1. The Kier molecular flexibility index (Phi) is 7.07. The summed E-state index contributed by atoms with van der Waals surface area (Å²) in [6.45, 7) is 5.67. The van der Waals surface area contributed by atoms with E-state index < -0.39 is 0 Å². The van der Waals surface area contributed by atoms with Crippen LogP contribution in [0.4, 0.5) is 23.1 Å². The first-order chi connectivity index (χ1) is 19.9. The molecule has 2 aromatic carbocycles. The number of terminal acetylenes is 1. The van der Waals surface area contributed by atoms with E-state index in [2.05, 4.69) is 63.1 Å². The normalized spacial score (nSPS) is 14.9. The number of fused-ring (bicyclic) bond motifs is 1. The van der Waals surface area contributed by atoms with Crippen molar-refractivity contribution >= 4 is 41.4 Å². The number of imidazole rings is 1. The van der Waals surface area contributed by atoms with E-state index in [9.17, 15) is 10.1 Å². The molecule has 1 saturated carbocycles. The van der Waals surface area contributed by atoms with Crippen LogP contribution in [0.1, 0.15) is 48.1 Å². The van der Waals surface area contributed by atoms with Gasteiger partial charge in [0.1, 0.15) is 11.5 Å². The van der Waals surface area contributed by atoms with Gasteiger partial charge in [-0.15, -0.1) is 11.5 Å². The number of nitrogens with one attached hydrogen (secondary N) is 1. The standard InChI is InChI=1S/C31H31BN8O/c1-4-24-20-34-29-30(39(25-10-11-25)32(3)18-22-8-6-5-7-9-22)36-31(37-40(24)29)35-27-16-23(19-33)17-28(21(27)2)38-14-12-26(41)13-15-38/h1,5-9,16-17,20,25H,10-15,18H2,2-3H3,(H,35,37). The van der Waals surface area contributed by atoms with Crippen LogP contribution in [0.3, 0.4) is 0 Å². The molecule has 1 aliphatic heterocycles. The molecule has 41 heavy (non-hydrogen) atoms. The number of nitriles is 1. The van der Waals surface area contributed by atoms with Crippen molar-refractivity contribution < 1.29 is 4.79 Å². The summed E-state index contributed by atoms with van der Waals surface area (Å²) >= 11 is 0. The second-order valence-corrected chi connectivity index (χ2v) is 10.9. The maximum absolute atomic E-state index is 11.8. The Labute approximate surface area is 240 Å². The molecule has 4 aromatic rings. The third-order valence-corrected chi connectivity index (χ3v) is 7.94. The fraction of sp³-hybridized carbons (Fsp3) is 0.323. The molecule has 9 nitrogen and oxygen atoms in total. The molecule has 6 rings (SSSR count). The zero-order valence-electron chi connectivity index (χ0n) is 23.3. The fourth-order valence-electron chi connectivity index (χ4n) is 5.68. The number of hydrogen-bond donors (Lipinski definition) is 1. The van der Waals surface area contributed by atoms with E-state index in [1.165, 1.54) is 5.56 Å². The number of nitrogens with zero attached hydrogens (tertiary/aromatic N) is 7. The Bertz CT molecular complexity index is 1690. The first kappa shape index (κ1) is 26.4. The van der Waals surface area contributed by atoms with Crippen LogP contribution in [0, 0.1) is 30.6 Å². The van der Waals surface area contributed by atoms with Gasteiger partial charge in [0.25, 0.3) is 6.85 Å². The number of rotatable bonds is 8. The largest absolute Gasteiger partial charge is 0.394 e. The Morgan fingerprint density at radius 3 is 2.63 bits per heavy atom. The van der Waals surface area contributed by atoms with Crippen molar-refractivity contribution in [3.8, 4) is 18.4 Å². The van der Waals surface area contributed by atoms with Gasteiger partial charge in [0.05, 0.1) is 17.8 Å². The molecule has 10 heteroatoms. The van der Waals surface area contributed by atoms with Crippen LogP contribution in [0.2, 0.25) is 6.82 Å². The van der Waals surface area contributed by atoms with Crippen LogP contribution < -0.4 is 15.0 Å².